The van der Waals surface area contributed by atoms with E-state index in [1.54, 1.807) is 0 Å². The minimum Gasteiger partial charge on any atom is -0.452 e. The summed E-state index contributed by atoms with van der Waals surface area (Å²) in [6.07, 6.45) is 2.08. The Labute approximate surface area is 68.5 Å². The molecule has 0 fully saturated rings. The molecule has 66 valence electrons. The van der Waals surface area contributed by atoms with Crippen LogP contribution in [0, 0.1) is 0 Å². The highest BCUT2D eigenvalue weighted by Crippen LogP contribution is 1.67. The molecule has 0 radical (unpaired) electrons. The van der Waals surface area contributed by atoms with Crippen LogP contribution in [0.2, 0.25) is 0 Å². The summed E-state index contributed by atoms with van der Waals surface area (Å²) in [7, 11) is 1.22. The van der Waals surface area contributed by atoms with Crippen molar-refractivity contribution in [1.82, 2.24) is 10.9 Å². The first kappa shape index (κ1) is 10.1. The number of nitrogens with one attached hydrogen (secondary N) is 2. The number of rotatable bonds is 4. The minimum absolute atomic E-state index is 0.401. The molecule has 2 amide bonds. The van der Waals surface area contributed by atoms with Gasteiger partial charge in [-0.2, -0.15) is 10.2 Å². The molecule has 0 saturated heterocycles. The van der Waals surface area contributed by atoms with E-state index in [1.807, 2.05) is 10.9 Å². The first-order valence-corrected chi connectivity index (χ1v) is 2.89. The van der Waals surface area contributed by atoms with Crippen LogP contribution >= 0.6 is 0 Å². The Morgan fingerprint density at radius 3 is 2.67 bits per heavy atom. The predicted octanol–water partition coefficient (Wildman–Crippen LogP) is -0.940. The molecule has 7 heteroatoms. The summed E-state index contributed by atoms with van der Waals surface area (Å²) in [6.45, 7) is 0. The molecule has 2 N–H and O–H groups in total. The van der Waals surface area contributed by atoms with Crippen molar-refractivity contribution in [3.8, 4) is 0 Å². The average Bonchev–Trinajstić information content (AvgIpc) is 2.10. The van der Waals surface area contributed by atoms with Gasteiger partial charge in [0.15, 0.2) is 0 Å². The molecular formula is C5H8N4O3. The maximum absolute atomic E-state index is 10.3. The molecule has 7 nitrogen and oxygen atoms in total. The van der Waals surface area contributed by atoms with Gasteiger partial charge >= 0.3 is 6.09 Å². The molecule has 0 aromatic heterocycles. The van der Waals surface area contributed by atoms with Gasteiger partial charge in [-0.15, -0.1) is 0 Å². The molecule has 0 unspecified atom stereocenters. The van der Waals surface area contributed by atoms with Gasteiger partial charge in [-0.05, 0) is 0 Å². The number of carbonyl (C=O) groups is 2. The third-order valence-corrected chi connectivity index (χ3v) is 0.684. The molecular weight excluding hydrogens is 164 g/mol. The lowest BCUT2D eigenvalue weighted by Crippen LogP contribution is -2.16. The molecule has 0 heterocycles. The van der Waals surface area contributed by atoms with Gasteiger partial charge in [0.25, 0.3) is 0 Å². The number of amides is 2. The molecule has 0 bridgehead atoms. The van der Waals surface area contributed by atoms with Crippen molar-refractivity contribution >= 4 is 24.9 Å². The van der Waals surface area contributed by atoms with E-state index in [0.717, 1.165) is 0 Å². The van der Waals surface area contributed by atoms with Gasteiger partial charge in [-0.3, -0.25) is 4.79 Å². The number of methoxy groups -OCH3 is 1. The first-order chi connectivity index (χ1) is 5.81. The third-order valence-electron chi connectivity index (χ3n) is 0.684. The van der Waals surface area contributed by atoms with E-state index in [4.69, 9.17) is 0 Å². The molecule has 0 aromatic rings. The average molecular weight is 172 g/mol. The fraction of sp³-hybridized carbons (Fsp3) is 0.200. The standard InChI is InChI=1S/C5H8N4O3/c1-12-5(11)9-7-3-2-6-8-4-10/h2-4H,1H3,(H,8,10)(H,9,11)/b6-2+,7-3+. The van der Waals surface area contributed by atoms with Crippen LogP contribution in [0.1, 0.15) is 0 Å². The van der Waals surface area contributed by atoms with Crippen LogP contribution in [0.3, 0.4) is 0 Å². The van der Waals surface area contributed by atoms with Crippen LogP contribution in [-0.2, 0) is 9.53 Å². The van der Waals surface area contributed by atoms with Crippen molar-refractivity contribution < 1.29 is 14.3 Å². The van der Waals surface area contributed by atoms with Crippen LogP contribution in [0.5, 0.6) is 0 Å². The highest BCUT2D eigenvalue weighted by Gasteiger charge is 1.90. The third kappa shape index (κ3) is 6.20. The lowest BCUT2D eigenvalue weighted by molar-refractivity contribution is -0.109. The van der Waals surface area contributed by atoms with Gasteiger partial charge in [0, 0.05) is 0 Å². The predicted molar refractivity (Wildman–Crippen MR) is 41.7 cm³/mol. The molecule has 0 saturated carbocycles. The number of ether oxygens (including phenoxy) is 1. The summed E-state index contributed by atoms with van der Waals surface area (Å²) in [5.74, 6) is 0. The summed E-state index contributed by atoms with van der Waals surface area (Å²) in [4.78, 5) is 20.0. The van der Waals surface area contributed by atoms with Crippen molar-refractivity contribution in [2.75, 3.05) is 7.11 Å². The van der Waals surface area contributed by atoms with Crippen molar-refractivity contribution in [1.29, 1.82) is 0 Å². The summed E-state index contributed by atoms with van der Waals surface area (Å²) in [5.41, 5.74) is 4.01. The van der Waals surface area contributed by atoms with Crippen molar-refractivity contribution in [2.24, 2.45) is 10.2 Å². The first-order valence-electron chi connectivity index (χ1n) is 2.89. The lowest BCUT2D eigenvalue weighted by Gasteiger charge is -1.92. The molecule has 0 rings (SSSR count). The van der Waals surface area contributed by atoms with Gasteiger partial charge in [0.05, 0.1) is 19.5 Å². The normalized spacial score (nSPS) is 10.1. The minimum atomic E-state index is -0.678. The lowest BCUT2D eigenvalue weighted by atomic mass is 10.8. The van der Waals surface area contributed by atoms with E-state index in [0.29, 0.717) is 6.41 Å². The zero-order valence-corrected chi connectivity index (χ0v) is 6.35. The SMILES string of the molecule is COC(=O)N/N=C/C=N/NC=O. The zero-order valence-electron chi connectivity index (χ0n) is 6.35. The number of hydrogen-bond acceptors (Lipinski definition) is 5. The number of carbonyl (C=O) groups excluding carboxylic acids is 2. The van der Waals surface area contributed by atoms with Gasteiger partial charge in [0.1, 0.15) is 0 Å². The molecule has 0 aliphatic rings. The van der Waals surface area contributed by atoms with Gasteiger partial charge in [-0.1, -0.05) is 0 Å². The van der Waals surface area contributed by atoms with Gasteiger partial charge in [-0.25, -0.2) is 15.6 Å². The smallest absolute Gasteiger partial charge is 0.427 e. The molecule has 0 aromatic carbocycles. The fourth-order valence-corrected chi connectivity index (χ4v) is 0.276. The fourth-order valence-electron chi connectivity index (χ4n) is 0.276. The quantitative estimate of drug-likeness (QED) is 0.325. The van der Waals surface area contributed by atoms with Crippen LogP contribution < -0.4 is 10.9 Å². The summed E-state index contributed by atoms with van der Waals surface area (Å²) >= 11 is 0. The Balaban J connectivity index is 3.49. The maximum Gasteiger partial charge on any atom is 0.427 e. The highest BCUT2D eigenvalue weighted by atomic mass is 16.5. The number of hydrogen-bond donors (Lipinski definition) is 2. The molecule has 0 aliphatic heterocycles. The van der Waals surface area contributed by atoms with Crippen LogP contribution in [0.25, 0.3) is 0 Å². The summed E-state index contributed by atoms with van der Waals surface area (Å²) < 4.78 is 4.20. The maximum atomic E-state index is 10.3. The van der Waals surface area contributed by atoms with Crippen LogP contribution in [0.4, 0.5) is 4.79 Å². The second-order valence-electron chi connectivity index (χ2n) is 1.41. The molecule has 0 spiro atoms. The Morgan fingerprint density at radius 1 is 1.42 bits per heavy atom. The zero-order chi connectivity index (χ0) is 9.23. The highest BCUT2D eigenvalue weighted by molar-refractivity contribution is 6.16. The monoisotopic (exact) mass is 172 g/mol. The van der Waals surface area contributed by atoms with Crippen LogP contribution in [-0.4, -0.2) is 32.0 Å². The Morgan fingerprint density at radius 2 is 2.08 bits per heavy atom. The van der Waals surface area contributed by atoms with E-state index in [2.05, 4.69) is 14.9 Å². The molecule has 0 aliphatic carbocycles. The molecule has 0 atom stereocenters. The van der Waals surface area contributed by atoms with E-state index in [9.17, 15) is 9.59 Å². The van der Waals surface area contributed by atoms with E-state index >= 15 is 0 Å². The topological polar surface area (TPSA) is 92.2 Å². The van der Waals surface area contributed by atoms with Crippen LogP contribution in [0.15, 0.2) is 10.2 Å². The van der Waals surface area contributed by atoms with E-state index in [-0.39, 0.29) is 0 Å². The second-order valence-corrected chi connectivity index (χ2v) is 1.41. The van der Waals surface area contributed by atoms with Crippen molar-refractivity contribution in [3.63, 3.8) is 0 Å². The van der Waals surface area contributed by atoms with Gasteiger partial charge < -0.3 is 4.74 Å². The molecule has 12 heavy (non-hydrogen) atoms. The Bertz CT molecular complexity index is 201. The Kier molecular flexibility index (Phi) is 6.04. The Hall–Kier alpha value is -1.92. The summed E-state index contributed by atoms with van der Waals surface area (Å²) in [6, 6.07) is 0. The largest absolute Gasteiger partial charge is 0.452 e. The van der Waals surface area contributed by atoms with E-state index < -0.39 is 6.09 Å². The summed E-state index contributed by atoms with van der Waals surface area (Å²) in [5, 5.41) is 6.69. The van der Waals surface area contributed by atoms with Crippen molar-refractivity contribution in [3.05, 3.63) is 0 Å². The second kappa shape index (κ2) is 7.19. The van der Waals surface area contributed by atoms with Gasteiger partial charge in [0.2, 0.25) is 6.41 Å². The van der Waals surface area contributed by atoms with Crippen molar-refractivity contribution in [2.45, 2.75) is 0 Å². The number of hydrazone groups is 2. The van der Waals surface area contributed by atoms with E-state index in [1.165, 1.54) is 19.5 Å². The number of nitrogens with zero attached hydrogens (tertiary/aromatic N) is 2.